The number of hydrogen-bond donors (Lipinski definition) is 0. The van der Waals surface area contributed by atoms with Gasteiger partial charge < -0.3 is 4.74 Å². The standard InChI is InChI=1S/C10H16O5S/c1-3-7-15-16(12,13)9-6-5-8-14-10(11)4-2/h1H,4-9H2,2H3. The Bertz CT molecular complexity index is 339. The summed E-state index contributed by atoms with van der Waals surface area (Å²) in [7, 11) is -3.53. The number of esters is 1. The van der Waals surface area contributed by atoms with Gasteiger partial charge in [-0.05, 0) is 12.8 Å². The lowest BCUT2D eigenvalue weighted by Gasteiger charge is -2.04. The molecule has 6 heteroatoms. The molecule has 0 radical (unpaired) electrons. The van der Waals surface area contributed by atoms with E-state index < -0.39 is 10.1 Å². The van der Waals surface area contributed by atoms with E-state index in [1.165, 1.54) is 0 Å². The number of terminal acetylenes is 1. The zero-order chi connectivity index (χ0) is 12.4. The molecule has 0 atom stereocenters. The van der Waals surface area contributed by atoms with Crippen molar-refractivity contribution >= 4 is 16.1 Å². The molecular formula is C10H16O5S. The summed E-state index contributed by atoms with van der Waals surface area (Å²) in [6, 6.07) is 0. The van der Waals surface area contributed by atoms with Crippen LogP contribution in [0.3, 0.4) is 0 Å². The summed E-state index contributed by atoms with van der Waals surface area (Å²) >= 11 is 0. The Balaban J connectivity index is 3.59. The van der Waals surface area contributed by atoms with Gasteiger partial charge in [0, 0.05) is 6.42 Å². The van der Waals surface area contributed by atoms with E-state index in [4.69, 9.17) is 11.2 Å². The molecule has 0 amide bonds. The van der Waals surface area contributed by atoms with Crippen molar-refractivity contribution in [2.75, 3.05) is 19.0 Å². The fourth-order valence-electron chi connectivity index (χ4n) is 0.852. The minimum Gasteiger partial charge on any atom is -0.466 e. The molecule has 0 unspecified atom stereocenters. The Kier molecular flexibility index (Phi) is 7.60. The maximum Gasteiger partial charge on any atom is 0.305 e. The van der Waals surface area contributed by atoms with E-state index in [2.05, 4.69) is 10.1 Å². The second-order valence-electron chi connectivity index (χ2n) is 3.01. The lowest BCUT2D eigenvalue weighted by Crippen LogP contribution is -2.12. The Labute approximate surface area is 96.2 Å². The molecule has 0 aromatic carbocycles. The molecule has 0 saturated carbocycles. The number of unbranched alkanes of at least 4 members (excludes halogenated alkanes) is 1. The molecule has 5 nitrogen and oxygen atoms in total. The van der Waals surface area contributed by atoms with Crippen LogP contribution in [-0.4, -0.2) is 33.4 Å². The number of ether oxygens (including phenoxy) is 1. The first-order chi connectivity index (χ1) is 7.52. The van der Waals surface area contributed by atoms with Crippen LogP contribution in [0.4, 0.5) is 0 Å². The van der Waals surface area contributed by atoms with Crippen molar-refractivity contribution in [3.05, 3.63) is 0 Å². The molecule has 0 N–H and O–H groups in total. The number of hydrogen-bond acceptors (Lipinski definition) is 5. The van der Waals surface area contributed by atoms with Crippen molar-refractivity contribution in [1.82, 2.24) is 0 Å². The van der Waals surface area contributed by atoms with Gasteiger partial charge in [0.25, 0.3) is 10.1 Å². The van der Waals surface area contributed by atoms with Crippen LogP contribution in [0.2, 0.25) is 0 Å². The molecule has 0 fully saturated rings. The van der Waals surface area contributed by atoms with Gasteiger partial charge >= 0.3 is 5.97 Å². The van der Waals surface area contributed by atoms with Crippen molar-refractivity contribution in [2.24, 2.45) is 0 Å². The third-order valence-electron chi connectivity index (χ3n) is 1.66. The molecule has 0 aromatic rings. The number of rotatable bonds is 8. The number of carbonyl (C=O) groups excluding carboxylic acids is 1. The molecule has 92 valence electrons. The Morgan fingerprint density at radius 1 is 1.38 bits per heavy atom. The molecular weight excluding hydrogens is 232 g/mol. The van der Waals surface area contributed by atoms with Gasteiger partial charge in [-0.25, -0.2) is 0 Å². The van der Waals surface area contributed by atoms with Gasteiger partial charge in [-0.3, -0.25) is 8.98 Å². The summed E-state index contributed by atoms with van der Waals surface area (Å²) in [5, 5.41) is 0. The minimum atomic E-state index is -3.53. The smallest absolute Gasteiger partial charge is 0.305 e. The van der Waals surface area contributed by atoms with Crippen LogP contribution in [0.15, 0.2) is 0 Å². The van der Waals surface area contributed by atoms with Crippen LogP contribution in [0, 0.1) is 12.3 Å². The lowest BCUT2D eigenvalue weighted by molar-refractivity contribution is -0.143. The Morgan fingerprint density at radius 2 is 2.06 bits per heavy atom. The maximum atomic E-state index is 11.1. The molecule has 0 aliphatic rings. The van der Waals surface area contributed by atoms with Crippen molar-refractivity contribution in [3.8, 4) is 12.3 Å². The third-order valence-corrected chi connectivity index (χ3v) is 2.93. The van der Waals surface area contributed by atoms with Crippen molar-refractivity contribution in [2.45, 2.75) is 26.2 Å². The predicted molar refractivity (Wildman–Crippen MR) is 59.1 cm³/mol. The zero-order valence-electron chi connectivity index (χ0n) is 9.27. The topological polar surface area (TPSA) is 69.7 Å². The van der Waals surface area contributed by atoms with Crippen LogP contribution < -0.4 is 0 Å². The zero-order valence-corrected chi connectivity index (χ0v) is 10.1. The van der Waals surface area contributed by atoms with E-state index >= 15 is 0 Å². The highest BCUT2D eigenvalue weighted by molar-refractivity contribution is 7.86. The second kappa shape index (κ2) is 8.13. The molecule has 0 spiro atoms. The molecule has 0 bridgehead atoms. The minimum absolute atomic E-state index is 0.113. The highest BCUT2D eigenvalue weighted by Crippen LogP contribution is 2.00. The quantitative estimate of drug-likeness (QED) is 0.274. The molecule has 16 heavy (non-hydrogen) atoms. The van der Waals surface area contributed by atoms with Crippen LogP contribution in [-0.2, 0) is 23.8 Å². The van der Waals surface area contributed by atoms with Gasteiger partial charge in [-0.15, -0.1) is 6.42 Å². The highest BCUT2D eigenvalue weighted by atomic mass is 32.2. The predicted octanol–water partition coefficient (Wildman–Crippen LogP) is 0.699. The van der Waals surface area contributed by atoms with E-state index in [0.29, 0.717) is 19.3 Å². The van der Waals surface area contributed by atoms with Gasteiger partial charge in [-0.2, -0.15) is 8.42 Å². The molecule has 0 aromatic heterocycles. The fraction of sp³-hybridized carbons (Fsp3) is 0.700. The largest absolute Gasteiger partial charge is 0.466 e. The van der Waals surface area contributed by atoms with Gasteiger partial charge in [0.1, 0.15) is 6.61 Å². The molecule has 0 saturated heterocycles. The fourth-order valence-corrected chi connectivity index (χ4v) is 1.77. The molecule has 0 heterocycles. The second-order valence-corrected chi connectivity index (χ2v) is 4.77. The maximum absolute atomic E-state index is 11.1. The van der Waals surface area contributed by atoms with Crippen LogP contribution in [0.25, 0.3) is 0 Å². The van der Waals surface area contributed by atoms with Gasteiger partial charge in [0.15, 0.2) is 0 Å². The normalized spacial score (nSPS) is 10.8. The summed E-state index contributed by atoms with van der Waals surface area (Å²) in [5.74, 6) is 1.68. The third kappa shape index (κ3) is 8.26. The summed E-state index contributed by atoms with van der Waals surface area (Å²) in [5.41, 5.74) is 0. The highest BCUT2D eigenvalue weighted by Gasteiger charge is 2.09. The SMILES string of the molecule is C#CCOS(=O)(=O)CCCCOC(=O)CC. The van der Waals surface area contributed by atoms with Gasteiger partial charge in [-0.1, -0.05) is 12.8 Å². The first kappa shape index (κ1) is 14.9. The van der Waals surface area contributed by atoms with E-state index in [9.17, 15) is 13.2 Å². The van der Waals surface area contributed by atoms with Crippen LogP contribution in [0.5, 0.6) is 0 Å². The van der Waals surface area contributed by atoms with Gasteiger partial charge in [0.05, 0.1) is 12.4 Å². The average molecular weight is 248 g/mol. The Hall–Kier alpha value is -1.06. The monoisotopic (exact) mass is 248 g/mol. The first-order valence-electron chi connectivity index (χ1n) is 4.98. The van der Waals surface area contributed by atoms with Gasteiger partial charge in [0.2, 0.25) is 0 Å². The van der Waals surface area contributed by atoms with Crippen LogP contribution >= 0.6 is 0 Å². The lowest BCUT2D eigenvalue weighted by atomic mass is 10.3. The van der Waals surface area contributed by atoms with Crippen LogP contribution in [0.1, 0.15) is 26.2 Å². The van der Waals surface area contributed by atoms with Crippen molar-refractivity contribution < 1.29 is 22.1 Å². The summed E-state index contributed by atoms with van der Waals surface area (Å²) < 4.78 is 31.5. The van der Waals surface area contributed by atoms with Crippen molar-refractivity contribution in [3.63, 3.8) is 0 Å². The van der Waals surface area contributed by atoms with E-state index in [-0.39, 0.29) is 24.9 Å². The summed E-state index contributed by atoms with van der Waals surface area (Å²) in [6.45, 7) is 1.69. The summed E-state index contributed by atoms with van der Waals surface area (Å²) in [4.78, 5) is 10.7. The van der Waals surface area contributed by atoms with E-state index in [1.807, 2.05) is 0 Å². The van der Waals surface area contributed by atoms with E-state index in [0.717, 1.165) is 0 Å². The number of carbonyl (C=O) groups is 1. The first-order valence-corrected chi connectivity index (χ1v) is 6.55. The Morgan fingerprint density at radius 3 is 2.62 bits per heavy atom. The average Bonchev–Trinajstić information content (AvgIpc) is 2.25. The molecule has 0 aliphatic carbocycles. The van der Waals surface area contributed by atoms with E-state index in [1.54, 1.807) is 6.92 Å². The summed E-state index contributed by atoms with van der Waals surface area (Å²) in [6.07, 6.45) is 6.06. The molecule has 0 aliphatic heterocycles. The van der Waals surface area contributed by atoms with Crippen molar-refractivity contribution in [1.29, 1.82) is 0 Å². The molecule has 0 rings (SSSR count).